The molecular formula is C13H13N5O. The summed E-state index contributed by atoms with van der Waals surface area (Å²) in [5.41, 5.74) is 3.51. The quantitative estimate of drug-likeness (QED) is 0.729. The van der Waals surface area contributed by atoms with E-state index >= 15 is 0 Å². The molecule has 2 aromatic heterocycles. The molecule has 2 N–H and O–H groups in total. The molecule has 0 saturated carbocycles. The first-order chi connectivity index (χ1) is 9.16. The Morgan fingerprint density at radius 1 is 1.11 bits per heavy atom. The Kier molecular flexibility index (Phi) is 2.56. The van der Waals surface area contributed by atoms with Crippen molar-refractivity contribution in [3.63, 3.8) is 0 Å². The zero-order valence-electron chi connectivity index (χ0n) is 10.6. The lowest BCUT2D eigenvalue weighted by Gasteiger charge is -2.07. The van der Waals surface area contributed by atoms with Crippen LogP contribution in [0.3, 0.4) is 0 Å². The van der Waals surface area contributed by atoms with Crippen LogP contribution in [0.4, 0.5) is 0 Å². The summed E-state index contributed by atoms with van der Waals surface area (Å²) in [7, 11) is 0. The lowest BCUT2D eigenvalue weighted by molar-refractivity contribution is 0.976. The molecule has 0 unspecified atom stereocenters. The highest BCUT2D eigenvalue weighted by Gasteiger charge is 2.13. The van der Waals surface area contributed by atoms with Crippen molar-refractivity contribution in [3.05, 3.63) is 52.1 Å². The van der Waals surface area contributed by atoms with Gasteiger partial charge in [-0.25, -0.2) is 14.5 Å². The van der Waals surface area contributed by atoms with Gasteiger partial charge in [-0.1, -0.05) is 6.07 Å². The van der Waals surface area contributed by atoms with Crippen LogP contribution < -0.4 is 5.69 Å². The van der Waals surface area contributed by atoms with Crippen molar-refractivity contribution < 1.29 is 0 Å². The molecule has 3 aromatic rings. The topological polar surface area (TPSA) is 79.4 Å². The third-order valence-corrected chi connectivity index (χ3v) is 3.16. The number of aromatic nitrogens is 5. The number of nitrogens with one attached hydrogen (secondary N) is 2. The Morgan fingerprint density at radius 3 is 2.63 bits per heavy atom. The zero-order valence-corrected chi connectivity index (χ0v) is 10.6. The van der Waals surface area contributed by atoms with Gasteiger partial charge < -0.3 is 0 Å². The van der Waals surface area contributed by atoms with Gasteiger partial charge in [0.1, 0.15) is 5.69 Å². The molecule has 19 heavy (non-hydrogen) atoms. The predicted octanol–water partition coefficient (Wildman–Crippen LogP) is 1.57. The summed E-state index contributed by atoms with van der Waals surface area (Å²) in [4.78, 5) is 11.9. The van der Waals surface area contributed by atoms with Gasteiger partial charge in [-0.2, -0.15) is 10.2 Å². The second-order valence-corrected chi connectivity index (χ2v) is 4.43. The Bertz CT molecular complexity index is 767. The minimum absolute atomic E-state index is 0.271. The molecule has 0 aliphatic heterocycles. The number of aromatic amines is 2. The molecule has 0 fully saturated rings. The van der Waals surface area contributed by atoms with Crippen molar-refractivity contribution in [2.75, 3.05) is 0 Å². The van der Waals surface area contributed by atoms with Gasteiger partial charge in [-0.05, 0) is 43.2 Å². The van der Waals surface area contributed by atoms with Crippen LogP contribution in [0.5, 0.6) is 0 Å². The van der Waals surface area contributed by atoms with Gasteiger partial charge in [0.25, 0.3) is 0 Å². The van der Waals surface area contributed by atoms with Crippen molar-refractivity contribution in [2.45, 2.75) is 13.8 Å². The lowest BCUT2D eigenvalue weighted by atomic mass is 10.1. The van der Waals surface area contributed by atoms with Gasteiger partial charge in [0.05, 0.1) is 5.69 Å². The van der Waals surface area contributed by atoms with E-state index in [4.69, 9.17) is 0 Å². The summed E-state index contributed by atoms with van der Waals surface area (Å²) in [6.07, 6.45) is 1.62. The summed E-state index contributed by atoms with van der Waals surface area (Å²) >= 11 is 0. The van der Waals surface area contributed by atoms with Crippen molar-refractivity contribution in [1.29, 1.82) is 0 Å². The van der Waals surface area contributed by atoms with E-state index in [1.165, 1.54) is 10.1 Å². The molecule has 0 radical (unpaired) electrons. The van der Waals surface area contributed by atoms with Crippen molar-refractivity contribution in [2.24, 2.45) is 0 Å². The molecule has 0 aliphatic carbocycles. The summed E-state index contributed by atoms with van der Waals surface area (Å²) in [5.74, 6) is 0.519. The third kappa shape index (κ3) is 1.87. The lowest BCUT2D eigenvalue weighted by Crippen LogP contribution is -2.16. The van der Waals surface area contributed by atoms with E-state index in [2.05, 4.69) is 20.4 Å². The maximum atomic E-state index is 11.9. The van der Waals surface area contributed by atoms with Crippen LogP contribution in [-0.2, 0) is 0 Å². The van der Waals surface area contributed by atoms with Crippen LogP contribution >= 0.6 is 0 Å². The summed E-state index contributed by atoms with van der Waals surface area (Å²) in [5, 5.41) is 13.2. The smallest absolute Gasteiger partial charge is 0.275 e. The summed E-state index contributed by atoms with van der Waals surface area (Å²) in [6, 6.07) is 7.62. The number of rotatable bonds is 2. The molecule has 0 spiro atoms. The SMILES string of the molecule is Cc1ccc(-n2c(-c3ccn[nH]3)n[nH]c2=O)cc1C. The van der Waals surface area contributed by atoms with E-state index in [9.17, 15) is 4.79 Å². The summed E-state index contributed by atoms with van der Waals surface area (Å²) in [6.45, 7) is 4.05. The van der Waals surface area contributed by atoms with Crippen molar-refractivity contribution in [3.8, 4) is 17.2 Å². The first-order valence-electron chi connectivity index (χ1n) is 5.91. The molecule has 96 valence electrons. The first kappa shape index (κ1) is 11.5. The van der Waals surface area contributed by atoms with Crippen LogP contribution in [0.25, 0.3) is 17.2 Å². The average molecular weight is 255 g/mol. The normalized spacial score (nSPS) is 10.8. The van der Waals surface area contributed by atoms with Gasteiger partial charge >= 0.3 is 5.69 Å². The van der Waals surface area contributed by atoms with Gasteiger partial charge in [0.15, 0.2) is 5.82 Å². The molecule has 0 amide bonds. The fourth-order valence-corrected chi connectivity index (χ4v) is 1.96. The Hall–Kier alpha value is -2.63. The van der Waals surface area contributed by atoms with Crippen LogP contribution in [0.2, 0.25) is 0 Å². The van der Waals surface area contributed by atoms with Crippen molar-refractivity contribution in [1.82, 2.24) is 25.0 Å². The van der Waals surface area contributed by atoms with E-state index < -0.39 is 0 Å². The number of H-pyrrole nitrogens is 2. The van der Waals surface area contributed by atoms with E-state index in [0.29, 0.717) is 11.5 Å². The van der Waals surface area contributed by atoms with Gasteiger partial charge in [0.2, 0.25) is 0 Å². The monoisotopic (exact) mass is 255 g/mol. The predicted molar refractivity (Wildman–Crippen MR) is 71.2 cm³/mol. The molecule has 6 nitrogen and oxygen atoms in total. The van der Waals surface area contributed by atoms with Crippen LogP contribution in [-0.4, -0.2) is 25.0 Å². The Labute approximate surface area is 109 Å². The first-order valence-corrected chi connectivity index (χ1v) is 5.91. The minimum atomic E-state index is -0.271. The second-order valence-electron chi connectivity index (χ2n) is 4.43. The number of aryl methyl sites for hydroxylation is 2. The van der Waals surface area contributed by atoms with Crippen LogP contribution in [0.15, 0.2) is 35.3 Å². The molecule has 0 aliphatic rings. The average Bonchev–Trinajstić information content (AvgIpc) is 3.01. The molecule has 0 saturated heterocycles. The van der Waals surface area contributed by atoms with E-state index in [1.54, 1.807) is 12.3 Å². The molecule has 3 rings (SSSR count). The fraction of sp³-hybridized carbons (Fsp3) is 0.154. The highest BCUT2D eigenvalue weighted by atomic mass is 16.1. The summed E-state index contributed by atoms with van der Waals surface area (Å²) < 4.78 is 1.53. The number of hydrogen-bond donors (Lipinski definition) is 2. The van der Waals surface area contributed by atoms with E-state index in [-0.39, 0.29) is 5.69 Å². The molecule has 0 bridgehead atoms. The molecule has 2 heterocycles. The second kappa shape index (κ2) is 4.24. The third-order valence-electron chi connectivity index (χ3n) is 3.16. The van der Waals surface area contributed by atoms with E-state index in [0.717, 1.165) is 11.3 Å². The number of benzene rings is 1. The van der Waals surface area contributed by atoms with Crippen LogP contribution in [0, 0.1) is 13.8 Å². The maximum Gasteiger partial charge on any atom is 0.348 e. The molecule has 6 heteroatoms. The standard InChI is InChI=1S/C13H13N5O/c1-8-3-4-10(7-9(8)2)18-12(16-17-13(18)19)11-5-6-14-15-11/h3-7H,1-2H3,(H,14,15)(H,17,19). The highest BCUT2D eigenvalue weighted by molar-refractivity contribution is 5.53. The van der Waals surface area contributed by atoms with Gasteiger partial charge in [-0.15, -0.1) is 0 Å². The zero-order chi connectivity index (χ0) is 13.4. The maximum absolute atomic E-state index is 11.9. The molecular weight excluding hydrogens is 242 g/mol. The van der Waals surface area contributed by atoms with Crippen molar-refractivity contribution >= 4 is 0 Å². The van der Waals surface area contributed by atoms with Crippen LogP contribution in [0.1, 0.15) is 11.1 Å². The molecule has 0 atom stereocenters. The van der Waals surface area contributed by atoms with E-state index in [1.807, 2.05) is 32.0 Å². The fourth-order valence-electron chi connectivity index (χ4n) is 1.96. The molecule has 1 aromatic carbocycles. The minimum Gasteiger partial charge on any atom is -0.275 e. The Balaban J connectivity index is 2.22. The highest BCUT2D eigenvalue weighted by Crippen LogP contribution is 2.18. The van der Waals surface area contributed by atoms with Gasteiger partial charge in [0, 0.05) is 6.20 Å². The number of hydrogen-bond acceptors (Lipinski definition) is 3. The number of nitrogens with zero attached hydrogens (tertiary/aromatic N) is 3. The Morgan fingerprint density at radius 2 is 1.95 bits per heavy atom. The van der Waals surface area contributed by atoms with Gasteiger partial charge in [-0.3, -0.25) is 5.10 Å². The largest absolute Gasteiger partial charge is 0.348 e.